The molecule has 0 rings (SSSR count). The fraction of sp³-hybridized carbons (Fsp3) is 0.375. The minimum atomic E-state index is -0.0411. The van der Waals surface area contributed by atoms with Crippen LogP contribution in [0.15, 0.2) is 24.3 Å². The van der Waals surface area contributed by atoms with Crippen molar-refractivity contribution in [2.24, 2.45) is 0 Å². The monoisotopic (exact) mass is 139 g/mol. The predicted molar refractivity (Wildman–Crippen MR) is 42.6 cm³/mol. The number of carbonyl (C=O) groups excluding carboxylic acids is 1. The molecule has 0 aromatic carbocycles. The molecule has 56 valence electrons. The lowest BCUT2D eigenvalue weighted by atomic mass is 10.4. The largest absolute Gasteiger partial charge is 0.349 e. The average Bonchev–Trinajstić information content (AvgIpc) is 1.89. The topological polar surface area (TPSA) is 29.1 Å². The summed E-state index contributed by atoms with van der Waals surface area (Å²) >= 11 is 0. The van der Waals surface area contributed by atoms with Gasteiger partial charge in [-0.3, -0.25) is 4.79 Å². The quantitative estimate of drug-likeness (QED) is 0.463. The summed E-state index contributed by atoms with van der Waals surface area (Å²) in [6.45, 7) is 4.34. The number of hydrogen-bond acceptors (Lipinski definition) is 1. The van der Waals surface area contributed by atoms with E-state index in [-0.39, 0.29) is 5.91 Å². The Balaban J connectivity index is 3.40. The van der Waals surface area contributed by atoms with E-state index in [2.05, 4.69) is 5.32 Å². The first-order chi connectivity index (χ1) is 4.81. The Kier molecular flexibility index (Phi) is 5.44. The lowest BCUT2D eigenvalue weighted by Crippen LogP contribution is -2.20. The molecule has 0 radical (unpaired) electrons. The van der Waals surface area contributed by atoms with Gasteiger partial charge in [0.05, 0.1) is 0 Å². The molecule has 2 nitrogen and oxygen atoms in total. The maximum Gasteiger partial charge on any atom is 0.243 e. The average molecular weight is 139 g/mol. The zero-order chi connectivity index (χ0) is 7.82. The number of rotatable bonds is 3. The van der Waals surface area contributed by atoms with Crippen LogP contribution in [0.3, 0.4) is 0 Å². The zero-order valence-electron chi connectivity index (χ0n) is 6.42. The Bertz CT molecular complexity index is 147. The molecule has 0 atom stereocenters. The number of allylic oxidation sites excluding steroid dienone is 2. The van der Waals surface area contributed by atoms with E-state index < -0.39 is 0 Å². The van der Waals surface area contributed by atoms with Gasteiger partial charge in [-0.25, -0.2) is 0 Å². The molecule has 0 bridgehead atoms. The lowest BCUT2D eigenvalue weighted by Gasteiger charge is -1.93. The molecule has 2 heteroatoms. The summed E-state index contributed by atoms with van der Waals surface area (Å²) in [6.07, 6.45) is 7.01. The molecule has 0 fully saturated rings. The van der Waals surface area contributed by atoms with Gasteiger partial charge >= 0.3 is 0 Å². The molecule has 0 aliphatic carbocycles. The van der Waals surface area contributed by atoms with Crippen LogP contribution >= 0.6 is 0 Å². The highest BCUT2D eigenvalue weighted by Gasteiger charge is 1.87. The summed E-state index contributed by atoms with van der Waals surface area (Å²) in [6, 6.07) is 0. The summed E-state index contributed by atoms with van der Waals surface area (Å²) in [4.78, 5) is 10.7. The van der Waals surface area contributed by atoms with Crippen molar-refractivity contribution in [1.29, 1.82) is 0 Å². The first-order valence-electron chi connectivity index (χ1n) is 3.33. The van der Waals surface area contributed by atoms with Gasteiger partial charge in [0, 0.05) is 6.54 Å². The van der Waals surface area contributed by atoms with Crippen LogP contribution in [-0.4, -0.2) is 12.5 Å². The number of carbonyl (C=O) groups is 1. The van der Waals surface area contributed by atoms with Crippen molar-refractivity contribution in [3.63, 3.8) is 0 Å². The number of nitrogens with one attached hydrogen (secondary N) is 1. The van der Waals surface area contributed by atoms with E-state index in [0.29, 0.717) is 6.54 Å². The standard InChI is InChI=1S/C8H13NO/c1-3-5-7-9-8(10)6-4-2/h3-6H,7H2,1-2H3,(H,9,10)/b5-3-,6-4+. The third kappa shape index (κ3) is 5.09. The molecule has 1 N–H and O–H groups in total. The molecule has 0 spiro atoms. The van der Waals surface area contributed by atoms with Crippen molar-refractivity contribution >= 4 is 5.91 Å². The fourth-order valence-electron chi connectivity index (χ4n) is 0.488. The normalized spacial score (nSPS) is 11.0. The van der Waals surface area contributed by atoms with Crippen LogP contribution in [0.25, 0.3) is 0 Å². The summed E-state index contributed by atoms with van der Waals surface area (Å²) in [7, 11) is 0. The Morgan fingerprint density at radius 3 is 2.60 bits per heavy atom. The van der Waals surface area contributed by atoms with Crippen molar-refractivity contribution in [2.45, 2.75) is 13.8 Å². The van der Waals surface area contributed by atoms with Crippen molar-refractivity contribution in [1.82, 2.24) is 5.32 Å². The minimum Gasteiger partial charge on any atom is -0.349 e. The second-order valence-electron chi connectivity index (χ2n) is 1.81. The van der Waals surface area contributed by atoms with Crippen molar-refractivity contribution in [2.75, 3.05) is 6.54 Å². The zero-order valence-corrected chi connectivity index (χ0v) is 6.42. The second-order valence-corrected chi connectivity index (χ2v) is 1.81. The Morgan fingerprint density at radius 2 is 2.10 bits per heavy atom. The van der Waals surface area contributed by atoms with Crippen LogP contribution in [0, 0.1) is 0 Å². The van der Waals surface area contributed by atoms with Crippen LogP contribution in [-0.2, 0) is 4.79 Å². The molecule has 0 aliphatic rings. The highest BCUT2D eigenvalue weighted by molar-refractivity contribution is 5.87. The molecule has 0 saturated heterocycles. The van der Waals surface area contributed by atoms with E-state index in [1.807, 2.05) is 26.0 Å². The van der Waals surface area contributed by atoms with Crippen molar-refractivity contribution in [3.05, 3.63) is 24.3 Å². The van der Waals surface area contributed by atoms with Crippen LogP contribution in [0.2, 0.25) is 0 Å². The lowest BCUT2D eigenvalue weighted by molar-refractivity contribution is -0.116. The Labute approximate surface area is 61.6 Å². The van der Waals surface area contributed by atoms with Gasteiger partial charge in [-0.15, -0.1) is 0 Å². The summed E-state index contributed by atoms with van der Waals surface area (Å²) in [5.41, 5.74) is 0. The van der Waals surface area contributed by atoms with Gasteiger partial charge in [-0.2, -0.15) is 0 Å². The summed E-state index contributed by atoms with van der Waals surface area (Å²) in [5.74, 6) is -0.0411. The van der Waals surface area contributed by atoms with Crippen molar-refractivity contribution < 1.29 is 4.79 Å². The first-order valence-corrected chi connectivity index (χ1v) is 3.33. The molecule has 0 saturated carbocycles. The summed E-state index contributed by atoms with van der Waals surface area (Å²) in [5, 5.41) is 2.67. The maximum atomic E-state index is 10.7. The van der Waals surface area contributed by atoms with E-state index in [0.717, 1.165) is 0 Å². The highest BCUT2D eigenvalue weighted by Crippen LogP contribution is 1.72. The van der Waals surface area contributed by atoms with E-state index in [9.17, 15) is 4.79 Å². The van der Waals surface area contributed by atoms with E-state index >= 15 is 0 Å². The molecule has 0 heterocycles. The smallest absolute Gasteiger partial charge is 0.243 e. The summed E-state index contributed by atoms with van der Waals surface area (Å²) < 4.78 is 0. The van der Waals surface area contributed by atoms with Crippen LogP contribution in [0.1, 0.15) is 13.8 Å². The SMILES string of the molecule is C/C=C\CNC(=O)/C=C/C. The van der Waals surface area contributed by atoms with Crippen LogP contribution in [0.4, 0.5) is 0 Å². The second kappa shape index (κ2) is 6.08. The third-order valence-corrected chi connectivity index (χ3v) is 0.948. The van der Waals surface area contributed by atoms with Gasteiger partial charge in [-0.1, -0.05) is 18.2 Å². The number of hydrogen-bond donors (Lipinski definition) is 1. The molecule has 0 aromatic heterocycles. The third-order valence-electron chi connectivity index (χ3n) is 0.948. The highest BCUT2D eigenvalue weighted by atomic mass is 16.1. The van der Waals surface area contributed by atoms with Gasteiger partial charge in [0.25, 0.3) is 0 Å². The van der Waals surface area contributed by atoms with Gasteiger partial charge in [0.15, 0.2) is 0 Å². The molecular weight excluding hydrogens is 126 g/mol. The first kappa shape index (κ1) is 8.95. The molecular formula is C8H13NO. The fourth-order valence-corrected chi connectivity index (χ4v) is 0.488. The van der Waals surface area contributed by atoms with E-state index in [4.69, 9.17) is 0 Å². The van der Waals surface area contributed by atoms with E-state index in [1.165, 1.54) is 6.08 Å². The Hall–Kier alpha value is -1.05. The van der Waals surface area contributed by atoms with Gasteiger partial charge in [-0.05, 0) is 19.9 Å². The minimum absolute atomic E-state index is 0.0411. The van der Waals surface area contributed by atoms with Gasteiger partial charge in [0.1, 0.15) is 0 Å². The van der Waals surface area contributed by atoms with Crippen LogP contribution in [0.5, 0.6) is 0 Å². The van der Waals surface area contributed by atoms with Crippen LogP contribution < -0.4 is 5.32 Å². The molecule has 0 aromatic rings. The number of amides is 1. The molecule has 10 heavy (non-hydrogen) atoms. The molecule has 0 unspecified atom stereocenters. The molecule has 0 aliphatic heterocycles. The van der Waals surface area contributed by atoms with Gasteiger partial charge < -0.3 is 5.32 Å². The van der Waals surface area contributed by atoms with E-state index in [1.54, 1.807) is 6.08 Å². The van der Waals surface area contributed by atoms with Crippen molar-refractivity contribution in [3.8, 4) is 0 Å². The maximum absolute atomic E-state index is 10.7. The molecule has 1 amide bonds. The predicted octanol–water partition coefficient (Wildman–Crippen LogP) is 1.25. The Morgan fingerprint density at radius 1 is 1.40 bits per heavy atom. The van der Waals surface area contributed by atoms with Gasteiger partial charge in [0.2, 0.25) is 5.91 Å².